The van der Waals surface area contributed by atoms with Crippen molar-refractivity contribution in [1.82, 2.24) is 0 Å². The molecule has 2 nitrogen and oxygen atoms in total. The zero-order valence-electron chi connectivity index (χ0n) is 12.7. The molecule has 0 spiro atoms. The van der Waals surface area contributed by atoms with E-state index in [1.54, 1.807) is 0 Å². The minimum atomic E-state index is 0.732. The van der Waals surface area contributed by atoms with Crippen LogP contribution in [0.25, 0.3) is 0 Å². The van der Waals surface area contributed by atoms with Crippen molar-refractivity contribution in [2.75, 3.05) is 18.5 Å². The molecule has 0 fully saturated rings. The Morgan fingerprint density at radius 2 is 1.71 bits per heavy atom. The van der Waals surface area contributed by atoms with Gasteiger partial charge in [0.2, 0.25) is 0 Å². The molecule has 0 heterocycles. The van der Waals surface area contributed by atoms with Gasteiger partial charge in [0.25, 0.3) is 0 Å². The van der Waals surface area contributed by atoms with Crippen molar-refractivity contribution in [2.24, 2.45) is 0 Å². The average molecular weight is 304 g/mol. The summed E-state index contributed by atoms with van der Waals surface area (Å²) in [5.74, 6) is 0.876. The second-order valence-electron chi connectivity index (χ2n) is 5.24. The fourth-order valence-corrected chi connectivity index (χ4v) is 2.16. The highest BCUT2D eigenvalue weighted by molar-refractivity contribution is 6.30. The van der Waals surface area contributed by atoms with E-state index in [-0.39, 0.29) is 0 Å². The SMILES string of the molecule is Cc1ccc(NCCCCOc2ccc(Cl)cc2)cc1C. The van der Waals surface area contributed by atoms with E-state index < -0.39 is 0 Å². The molecule has 0 radical (unpaired) electrons. The molecule has 112 valence electrons. The largest absolute Gasteiger partial charge is 0.494 e. The molecular formula is C18H22ClNO. The lowest BCUT2D eigenvalue weighted by Crippen LogP contribution is -2.05. The molecule has 0 unspecified atom stereocenters. The lowest BCUT2D eigenvalue weighted by atomic mass is 10.1. The number of anilines is 1. The van der Waals surface area contributed by atoms with Gasteiger partial charge in [-0.3, -0.25) is 0 Å². The maximum atomic E-state index is 5.83. The highest BCUT2D eigenvalue weighted by Gasteiger charge is 1.97. The minimum Gasteiger partial charge on any atom is -0.494 e. The van der Waals surface area contributed by atoms with E-state index >= 15 is 0 Å². The lowest BCUT2D eigenvalue weighted by molar-refractivity contribution is 0.308. The number of benzene rings is 2. The van der Waals surface area contributed by atoms with Gasteiger partial charge in [0.05, 0.1) is 6.61 Å². The van der Waals surface area contributed by atoms with E-state index in [1.165, 1.54) is 16.8 Å². The molecule has 21 heavy (non-hydrogen) atoms. The summed E-state index contributed by atoms with van der Waals surface area (Å²) in [6.07, 6.45) is 2.11. The van der Waals surface area contributed by atoms with Crippen LogP contribution in [0.5, 0.6) is 5.75 Å². The van der Waals surface area contributed by atoms with Crippen LogP contribution in [0.1, 0.15) is 24.0 Å². The van der Waals surface area contributed by atoms with Crippen LogP contribution in [0.15, 0.2) is 42.5 Å². The van der Waals surface area contributed by atoms with Crippen molar-refractivity contribution < 1.29 is 4.74 Å². The zero-order valence-corrected chi connectivity index (χ0v) is 13.4. The molecule has 0 bridgehead atoms. The van der Waals surface area contributed by atoms with E-state index in [0.717, 1.165) is 36.8 Å². The van der Waals surface area contributed by atoms with Crippen LogP contribution < -0.4 is 10.1 Å². The first-order chi connectivity index (χ1) is 10.1. The van der Waals surface area contributed by atoms with Crippen LogP contribution in [0, 0.1) is 13.8 Å². The van der Waals surface area contributed by atoms with E-state index in [4.69, 9.17) is 16.3 Å². The van der Waals surface area contributed by atoms with Crippen LogP contribution in [-0.2, 0) is 0 Å². The van der Waals surface area contributed by atoms with E-state index in [1.807, 2.05) is 24.3 Å². The highest BCUT2D eigenvalue weighted by Crippen LogP contribution is 2.16. The Labute approximate surface area is 132 Å². The molecule has 0 saturated heterocycles. The fourth-order valence-electron chi connectivity index (χ4n) is 2.03. The third kappa shape index (κ3) is 5.31. The normalized spacial score (nSPS) is 10.4. The number of rotatable bonds is 7. The second kappa shape index (κ2) is 7.94. The predicted molar refractivity (Wildman–Crippen MR) is 90.6 cm³/mol. The Balaban J connectivity index is 1.61. The van der Waals surface area contributed by atoms with Crippen LogP contribution in [-0.4, -0.2) is 13.2 Å². The van der Waals surface area contributed by atoms with Gasteiger partial charge in [-0.25, -0.2) is 0 Å². The van der Waals surface area contributed by atoms with Crippen molar-refractivity contribution in [3.05, 3.63) is 58.6 Å². The monoisotopic (exact) mass is 303 g/mol. The maximum absolute atomic E-state index is 5.83. The maximum Gasteiger partial charge on any atom is 0.119 e. The Bertz CT molecular complexity index is 566. The highest BCUT2D eigenvalue weighted by atomic mass is 35.5. The zero-order chi connectivity index (χ0) is 15.1. The minimum absolute atomic E-state index is 0.732. The van der Waals surface area contributed by atoms with Gasteiger partial charge >= 0.3 is 0 Å². The first-order valence-corrected chi connectivity index (χ1v) is 7.72. The number of ether oxygens (including phenoxy) is 1. The van der Waals surface area contributed by atoms with Gasteiger partial charge in [-0.05, 0) is 74.2 Å². The smallest absolute Gasteiger partial charge is 0.119 e. The first-order valence-electron chi connectivity index (χ1n) is 7.34. The first kappa shape index (κ1) is 15.7. The molecule has 0 aliphatic carbocycles. The Morgan fingerprint density at radius 3 is 2.43 bits per heavy atom. The molecule has 0 aliphatic rings. The number of nitrogens with one attached hydrogen (secondary N) is 1. The number of hydrogen-bond donors (Lipinski definition) is 1. The Hall–Kier alpha value is -1.67. The molecule has 3 heteroatoms. The van der Waals surface area contributed by atoms with Crippen molar-refractivity contribution in [3.63, 3.8) is 0 Å². The summed E-state index contributed by atoms with van der Waals surface area (Å²) in [4.78, 5) is 0. The third-order valence-corrected chi connectivity index (χ3v) is 3.74. The number of halogens is 1. The van der Waals surface area contributed by atoms with Crippen molar-refractivity contribution >= 4 is 17.3 Å². The molecule has 0 saturated carbocycles. The second-order valence-corrected chi connectivity index (χ2v) is 5.67. The summed E-state index contributed by atoms with van der Waals surface area (Å²) in [7, 11) is 0. The van der Waals surface area contributed by atoms with Gasteiger partial charge in [0.1, 0.15) is 5.75 Å². The number of hydrogen-bond acceptors (Lipinski definition) is 2. The summed E-state index contributed by atoms with van der Waals surface area (Å²) in [5.41, 5.74) is 3.85. The van der Waals surface area contributed by atoms with Gasteiger partial charge in [-0.2, -0.15) is 0 Å². The Morgan fingerprint density at radius 1 is 0.952 bits per heavy atom. The summed E-state index contributed by atoms with van der Waals surface area (Å²) in [6, 6.07) is 14.0. The van der Waals surface area contributed by atoms with Gasteiger partial charge in [0, 0.05) is 17.3 Å². The van der Waals surface area contributed by atoms with Crippen molar-refractivity contribution in [1.29, 1.82) is 0 Å². The number of unbranched alkanes of at least 4 members (excludes halogenated alkanes) is 1. The number of aryl methyl sites for hydroxylation is 2. The molecule has 2 rings (SSSR count). The van der Waals surface area contributed by atoms with Crippen LogP contribution in [0.2, 0.25) is 5.02 Å². The van der Waals surface area contributed by atoms with Crippen LogP contribution >= 0.6 is 11.6 Å². The van der Waals surface area contributed by atoms with Gasteiger partial charge in [0.15, 0.2) is 0 Å². The van der Waals surface area contributed by atoms with Gasteiger partial charge < -0.3 is 10.1 Å². The van der Waals surface area contributed by atoms with Gasteiger partial charge in [-0.15, -0.1) is 0 Å². The molecule has 2 aromatic rings. The van der Waals surface area contributed by atoms with Crippen molar-refractivity contribution in [2.45, 2.75) is 26.7 Å². The average Bonchev–Trinajstić information content (AvgIpc) is 2.48. The van der Waals surface area contributed by atoms with Crippen LogP contribution in [0.3, 0.4) is 0 Å². The summed E-state index contributed by atoms with van der Waals surface area (Å²) >= 11 is 5.83. The topological polar surface area (TPSA) is 21.3 Å². The molecule has 2 aromatic carbocycles. The molecule has 1 N–H and O–H groups in total. The van der Waals surface area contributed by atoms with E-state index in [9.17, 15) is 0 Å². The molecule has 0 aliphatic heterocycles. The molecule has 0 atom stereocenters. The quantitative estimate of drug-likeness (QED) is 0.707. The molecule has 0 aromatic heterocycles. The van der Waals surface area contributed by atoms with Crippen molar-refractivity contribution in [3.8, 4) is 5.75 Å². The third-order valence-electron chi connectivity index (χ3n) is 3.49. The predicted octanol–water partition coefficient (Wildman–Crippen LogP) is 5.23. The molecule has 0 amide bonds. The summed E-state index contributed by atoms with van der Waals surface area (Å²) in [5, 5.41) is 4.18. The fraction of sp³-hybridized carbons (Fsp3) is 0.333. The van der Waals surface area contributed by atoms with Crippen LogP contribution in [0.4, 0.5) is 5.69 Å². The van der Waals surface area contributed by atoms with E-state index in [0.29, 0.717) is 0 Å². The Kier molecular flexibility index (Phi) is 5.94. The summed E-state index contributed by atoms with van der Waals surface area (Å²) in [6.45, 7) is 5.97. The van der Waals surface area contributed by atoms with Gasteiger partial charge in [-0.1, -0.05) is 17.7 Å². The lowest BCUT2D eigenvalue weighted by Gasteiger charge is -2.09. The van der Waals surface area contributed by atoms with E-state index in [2.05, 4.69) is 37.4 Å². The molecular weight excluding hydrogens is 282 g/mol. The summed E-state index contributed by atoms with van der Waals surface area (Å²) < 4.78 is 5.66. The standard InChI is InChI=1S/C18H22ClNO/c1-14-5-8-17(13-15(14)2)20-11-3-4-12-21-18-9-6-16(19)7-10-18/h5-10,13,20H,3-4,11-12H2,1-2H3.